The van der Waals surface area contributed by atoms with Gasteiger partial charge in [-0.25, -0.2) is 9.59 Å². The van der Waals surface area contributed by atoms with E-state index in [9.17, 15) is 14.4 Å². The van der Waals surface area contributed by atoms with Gasteiger partial charge in [0.05, 0.1) is 12.0 Å². The first-order valence-corrected chi connectivity index (χ1v) is 5.26. The molecule has 0 saturated heterocycles. The standard InChI is InChI=1S/C10H19N3O5/c1-10(2,8(11)16)5-12-9(17)13-6(4-18-3)7(14)15/h6H,4-5H2,1-3H3,(H2,11,16)(H,14,15)(H2,12,13,17). The van der Waals surface area contributed by atoms with Gasteiger partial charge in [-0.05, 0) is 13.8 Å². The quantitative estimate of drug-likeness (QED) is 0.462. The van der Waals surface area contributed by atoms with E-state index in [-0.39, 0.29) is 13.2 Å². The highest BCUT2D eigenvalue weighted by Crippen LogP contribution is 2.11. The first-order chi connectivity index (χ1) is 8.20. The molecule has 8 nitrogen and oxygen atoms in total. The number of carbonyl (C=O) groups is 3. The zero-order valence-electron chi connectivity index (χ0n) is 10.6. The second-order valence-corrected chi connectivity index (χ2v) is 4.42. The third kappa shape index (κ3) is 5.48. The molecule has 18 heavy (non-hydrogen) atoms. The lowest BCUT2D eigenvalue weighted by molar-refractivity contribution is -0.140. The van der Waals surface area contributed by atoms with Crippen molar-refractivity contribution in [2.75, 3.05) is 20.3 Å². The lowest BCUT2D eigenvalue weighted by Crippen LogP contribution is -2.51. The summed E-state index contributed by atoms with van der Waals surface area (Å²) in [6, 6.07) is -1.85. The number of ether oxygens (including phenoxy) is 1. The Labute approximate surface area is 105 Å². The van der Waals surface area contributed by atoms with Crippen LogP contribution >= 0.6 is 0 Å². The summed E-state index contributed by atoms with van der Waals surface area (Å²) in [5.74, 6) is -1.77. The number of urea groups is 1. The van der Waals surface area contributed by atoms with Gasteiger partial charge in [-0.3, -0.25) is 4.79 Å². The minimum Gasteiger partial charge on any atom is -0.480 e. The number of hydrogen-bond donors (Lipinski definition) is 4. The van der Waals surface area contributed by atoms with Gasteiger partial charge in [-0.2, -0.15) is 0 Å². The Hall–Kier alpha value is -1.83. The molecule has 8 heteroatoms. The lowest BCUT2D eigenvalue weighted by Gasteiger charge is -2.21. The molecule has 1 atom stereocenters. The predicted octanol–water partition coefficient (Wildman–Crippen LogP) is -1.10. The minimum absolute atomic E-state index is 0.00743. The summed E-state index contributed by atoms with van der Waals surface area (Å²) in [4.78, 5) is 33.1. The molecule has 0 aliphatic rings. The monoisotopic (exact) mass is 261 g/mol. The van der Waals surface area contributed by atoms with Crippen molar-refractivity contribution in [1.82, 2.24) is 10.6 Å². The molecule has 5 N–H and O–H groups in total. The summed E-state index contributed by atoms with van der Waals surface area (Å²) in [5, 5.41) is 13.4. The summed E-state index contributed by atoms with van der Waals surface area (Å²) in [6.45, 7) is 2.99. The van der Waals surface area contributed by atoms with E-state index in [4.69, 9.17) is 10.8 Å². The number of primary amides is 1. The molecule has 0 bridgehead atoms. The molecule has 0 aliphatic heterocycles. The lowest BCUT2D eigenvalue weighted by atomic mass is 9.93. The van der Waals surface area contributed by atoms with E-state index < -0.39 is 29.4 Å². The SMILES string of the molecule is COCC(NC(=O)NCC(C)(C)C(N)=O)C(=O)O. The highest BCUT2D eigenvalue weighted by Gasteiger charge is 2.26. The van der Waals surface area contributed by atoms with E-state index in [1.165, 1.54) is 7.11 Å². The van der Waals surface area contributed by atoms with Crippen LogP contribution < -0.4 is 16.4 Å². The van der Waals surface area contributed by atoms with Crippen LogP contribution in [-0.4, -0.2) is 49.3 Å². The van der Waals surface area contributed by atoms with Gasteiger partial charge in [0, 0.05) is 13.7 Å². The first-order valence-electron chi connectivity index (χ1n) is 5.26. The van der Waals surface area contributed by atoms with Gasteiger partial charge >= 0.3 is 12.0 Å². The number of hydrogen-bond acceptors (Lipinski definition) is 4. The number of carbonyl (C=O) groups excluding carboxylic acids is 2. The molecule has 0 radical (unpaired) electrons. The summed E-state index contributed by atoms with van der Waals surface area (Å²) in [6.07, 6.45) is 0. The van der Waals surface area contributed by atoms with E-state index >= 15 is 0 Å². The highest BCUT2D eigenvalue weighted by molar-refractivity contribution is 5.84. The summed E-state index contributed by atoms with van der Waals surface area (Å²) in [5.41, 5.74) is 4.22. The van der Waals surface area contributed by atoms with E-state index in [0.29, 0.717) is 0 Å². The van der Waals surface area contributed by atoms with Gasteiger partial charge in [0.15, 0.2) is 6.04 Å². The third-order valence-electron chi connectivity index (χ3n) is 2.29. The number of carboxylic acid groups (broad SMARTS) is 1. The number of rotatable bonds is 7. The largest absolute Gasteiger partial charge is 0.480 e. The second-order valence-electron chi connectivity index (χ2n) is 4.42. The van der Waals surface area contributed by atoms with E-state index in [1.54, 1.807) is 13.8 Å². The second kappa shape index (κ2) is 6.80. The van der Waals surface area contributed by atoms with Crippen LogP contribution in [0.4, 0.5) is 4.79 Å². The van der Waals surface area contributed by atoms with Crippen LogP contribution in [0.2, 0.25) is 0 Å². The van der Waals surface area contributed by atoms with E-state index in [2.05, 4.69) is 15.4 Å². The zero-order chi connectivity index (χ0) is 14.3. The van der Waals surface area contributed by atoms with Gasteiger partial charge in [0.1, 0.15) is 0 Å². The van der Waals surface area contributed by atoms with E-state index in [1.807, 2.05) is 0 Å². The first kappa shape index (κ1) is 16.2. The van der Waals surface area contributed by atoms with Gasteiger partial charge in [-0.1, -0.05) is 0 Å². The van der Waals surface area contributed by atoms with Crippen molar-refractivity contribution < 1.29 is 24.2 Å². The maximum Gasteiger partial charge on any atom is 0.328 e. The van der Waals surface area contributed by atoms with Crippen molar-refractivity contribution in [2.45, 2.75) is 19.9 Å². The van der Waals surface area contributed by atoms with Crippen molar-refractivity contribution in [3.8, 4) is 0 Å². The molecule has 3 amide bonds. The number of amides is 3. The molecule has 0 aromatic carbocycles. The minimum atomic E-state index is -1.21. The molecular weight excluding hydrogens is 242 g/mol. The number of methoxy groups -OCH3 is 1. The zero-order valence-corrected chi connectivity index (χ0v) is 10.6. The van der Waals surface area contributed by atoms with E-state index in [0.717, 1.165) is 0 Å². The summed E-state index contributed by atoms with van der Waals surface area (Å²) in [7, 11) is 1.33. The van der Waals surface area contributed by atoms with Crippen molar-refractivity contribution in [2.24, 2.45) is 11.1 Å². The molecule has 0 rings (SSSR count). The van der Waals surface area contributed by atoms with Crippen LogP contribution in [0.3, 0.4) is 0 Å². The van der Waals surface area contributed by atoms with Crippen LogP contribution in [0, 0.1) is 5.41 Å². The third-order valence-corrected chi connectivity index (χ3v) is 2.29. The maximum absolute atomic E-state index is 11.4. The van der Waals surface area contributed by atoms with Gasteiger partial charge in [-0.15, -0.1) is 0 Å². The molecule has 0 heterocycles. The van der Waals surface area contributed by atoms with Crippen LogP contribution in [0.15, 0.2) is 0 Å². The fourth-order valence-corrected chi connectivity index (χ4v) is 0.939. The highest BCUT2D eigenvalue weighted by atomic mass is 16.5. The smallest absolute Gasteiger partial charge is 0.328 e. The molecule has 104 valence electrons. The Morgan fingerprint density at radius 2 is 1.94 bits per heavy atom. The Kier molecular flexibility index (Phi) is 6.11. The molecule has 1 unspecified atom stereocenters. The van der Waals surface area contributed by atoms with Crippen LogP contribution in [-0.2, 0) is 14.3 Å². The Balaban J connectivity index is 4.26. The summed E-state index contributed by atoms with van der Waals surface area (Å²) < 4.78 is 4.65. The average molecular weight is 261 g/mol. The van der Waals surface area contributed by atoms with Crippen LogP contribution in [0.5, 0.6) is 0 Å². The van der Waals surface area contributed by atoms with Crippen molar-refractivity contribution >= 4 is 17.9 Å². The predicted molar refractivity (Wildman–Crippen MR) is 62.8 cm³/mol. The Morgan fingerprint density at radius 1 is 1.39 bits per heavy atom. The number of aliphatic carboxylic acids is 1. The van der Waals surface area contributed by atoms with Crippen LogP contribution in [0.25, 0.3) is 0 Å². The Bertz CT molecular complexity index is 329. The number of carboxylic acids is 1. The normalized spacial score (nSPS) is 12.6. The van der Waals surface area contributed by atoms with Gasteiger partial charge in [0.2, 0.25) is 5.91 Å². The molecular formula is C10H19N3O5. The maximum atomic E-state index is 11.4. The van der Waals surface area contributed by atoms with Crippen molar-refractivity contribution in [3.05, 3.63) is 0 Å². The number of nitrogens with two attached hydrogens (primary N) is 1. The van der Waals surface area contributed by atoms with Crippen molar-refractivity contribution in [3.63, 3.8) is 0 Å². The van der Waals surface area contributed by atoms with Gasteiger partial charge < -0.3 is 26.2 Å². The molecule has 0 aliphatic carbocycles. The fraction of sp³-hybridized carbons (Fsp3) is 0.700. The van der Waals surface area contributed by atoms with Crippen LogP contribution in [0.1, 0.15) is 13.8 Å². The van der Waals surface area contributed by atoms with Gasteiger partial charge in [0.25, 0.3) is 0 Å². The summed E-state index contributed by atoms with van der Waals surface area (Å²) >= 11 is 0. The fourth-order valence-electron chi connectivity index (χ4n) is 0.939. The molecule has 0 saturated carbocycles. The molecule has 0 fully saturated rings. The average Bonchev–Trinajstić information content (AvgIpc) is 2.25. The van der Waals surface area contributed by atoms with Crippen molar-refractivity contribution in [1.29, 1.82) is 0 Å². The molecule has 0 spiro atoms. The molecule has 0 aromatic heterocycles. The topological polar surface area (TPSA) is 131 Å². The Morgan fingerprint density at radius 3 is 2.33 bits per heavy atom. The molecule has 0 aromatic rings. The number of nitrogens with one attached hydrogen (secondary N) is 2.